The van der Waals surface area contributed by atoms with Gasteiger partial charge in [0.1, 0.15) is 11.1 Å². The van der Waals surface area contributed by atoms with Crippen molar-refractivity contribution in [3.05, 3.63) is 31.0 Å². The van der Waals surface area contributed by atoms with Gasteiger partial charge in [0.2, 0.25) is 5.91 Å². The lowest BCUT2D eigenvalue weighted by Gasteiger charge is -2.52. The topological polar surface area (TPSA) is 72.7 Å². The fourth-order valence-electron chi connectivity index (χ4n) is 2.97. The van der Waals surface area contributed by atoms with E-state index in [1.807, 2.05) is 4.57 Å². The first-order valence-electron chi connectivity index (χ1n) is 5.85. The van der Waals surface area contributed by atoms with Gasteiger partial charge in [-0.15, -0.1) is 0 Å². The maximum atomic E-state index is 12.2. The SMILES string of the molecule is C=C1NC(=O)C2(n3cnc4cnncc43)CC1C2. The van der Waals surface area contributed by atoms with Crippen molar-refractivity contribution in [1.82, 2.24) is 25.1 Å². The number of imidazole rings is 1. The minimum atomic E-state index is -0.510. The van der Waals surface area contributed by atoms with E-state index in [-0.39, 0.29) is 5.91 Å². The number of carbonyl (C=O) groups is 1. The van der Waals surface area contributed by atoms with Crippen LogP contribution in [-0.2, 0) is 10.3 Å². The molecule has 2 aromatic rings. The van der Waals surface area contributed by atoms with Crippen LogP contribution >= 0.6 is 0 Å². The van der Waals surface area contributed by atoms with E-state index in [0.717, 1.165) is 29.6 Å². The first kappa shape index (κ1) is 9.76. The van der Waals surface area contributed by atoms with Gasteiger partial charge in [0.05, 0.1) is 24.2 Å². The molecule has 2 aromatic heterocycles. The molecule has 0 aromatic carbocycles. The number of nitrogens with zero attached hydrogens (tertiary/aromatic N) is 4. The molecule has 6 heteroatoms. The highest BCUT2D eigenvalue weighted by Gasteiger charge is 2.57. The summed E-state index contributed by atoms with van der Waals surface area (Å²) in [6, 6.07) is 0. The number of piperidine rings is 2. The molecule has 2 saturated heterocycles. The Kier molecular flexibility index (Phi) is 1.60. The smallest absolute Gasteiger partial charge is 0.250 e. The third kappa shape index (κ3) is 0.982. The molecule has 3 aliphatic rings. The Bertz CT molecular complexity index is 683. The number of carbonyl (C=O) groups excluding carboxylic acids is 1. The predicted octanol–water partition coefficient (Wildman–Crippen LogP) is 0.575. The van der Waals surface area contributed by atoms with Crippen molar-refractivity contribution < 1.29 is 4.79 Å². The van der Waals surface area contributed by atoms with Gasteiger partial charge < -0.3 is 9.88 Å². The Labute approximate surface area is 103 Å². The minimum Gasteiger partial charge on any atom is -0.328 e. The van der Waals surface area contributed by atoms with Crippen molar-refractivity contribution >= 4 is 16.9 Å². The lowest BCUT2D eigenvalue weighted by molar-refractivity contribution is -0.140. The molecule has 6 nitrogen and oxygen atoms in total. The van der Waals surface area contributed by atoms with Gasteiger partial charge in [-0.2, -0.15) is 10.2 Å². The van der Waals surface area contributed by atoms with E-state index >= 15 is 0 Å². The highest BCUT2D eigenvalue weighted by Crippen LogP contribution is 2.51. The summed E-state index contributed by atoms with van der Waals surface area (Å²) >= 11 is 0. The van der Waals surface area contributed by atoms with Crippen molar-refractivity contribution in [2.45, 2.75) is 18.4 Å². The molecule has 4 heterocycles. The van der Waals surface area contributed by atoms with Crippen LogP contribution in [0.4, 0.5) is 0 Å². The number of hydrogen-bond donors (Lipinski definition) is 1. The van der Waals surface area contributed by atoms with Crippen LogP contribution in [0.5, 0.6) is 0 Å². The Morgan fingerprint density at radius 3 is 2.94 bits per heavy atom. The molecule has 1 N–H and O–H groups in total. The van der Waals surface area contributed by atoms with E-state index < -0.39 is 5.54 Å². The van der Waals surface area contributed by atoms with Crippen LogP contribution in [0.3, 0.4) is 0 Å². The van der Waals surface area contributed by atoms with E-state index in [9.17, 15) is 4.79 Å². The summed E-state index contributed by atoms with van der Waals surface area (Å²) in [7, 11) is 0. The number of aromatic nitrogens is 4. The van der Waals surface area contributed by atoms with Crippen molar-refractivity contribution in [3.8, 4) is 0 Å². The van der Waals surface area contributed by atoms with Gasteiger partial charge in [0.25, 0.3) is 0 Å². The lowest BCUT2D eigenvalue weighted by atomic mass is 9.63. The zero-order valence-corrected chi connectivity index (χ0v) is 9.63. The molecular formula is C12H11N5O. The number of hydrogen-bond acceptors (Lipinski definition) is 4. The van der Waals surface area contributed by atoms with Crippen molar-refractivity contribution in [3.63, 3.8) is 0 Å². The van der Waals surface area contributed by atoms with Gasteiger partial charge in [-0.1, -0.05) is 6.58 Å². The Balaban J connectivity index is 1.89. The van der Waals surface area contributed by atoms with E-state index in [0.29, 0.717) is 5.92 Å². The second-order valence-electron chi connectivity index (χ2n) is 4.99. The molecule has 1 amide bonds. The Morgan fingerprint density at radius 1 is 1.39 bits per heavy atom. The van der Waals surface area contributed by atoms with Crippen LogP contribution in [0.15, 0.2) is 31.0 Å². The molecule has 90 valence electrons. The van der Waals surface area contributed by atoms with Crippen molar-refractivity contribution in [2.24, 2.45) is 5.92 Å². The number of rotatable bonds is 1. The van der Waals surface area contributed by atoms with Gasteiger partial charge in [0, 0.05) is 11.6 Å². The highest BCUT2D eigenvalue weighted by atomic mass is 16.2. The van der Waals surface area contributed by atoms with Crippen LogP contribution in [0, 0.1) is 5.92 Å². The average molecular weight is 241 g/mol. The molecule has 2 aliphatic heterocycles. The second-order valence-corrected chi connectivity index (χ2v) is 4.99. The van der Waals surface area contributed by atoms with Gasteiger partial charge >= 0.3 is 0 Å². The van der Waals surface area contributed by atoms with Gasteiger partial charge in [0.15, 0.2) is 0 Å². The normalized spacial score (nSPS) is 30.1. The molecule has 0 spiro atoms. The highest BCUT2D eigenvalue weighted by molar-refractivity contribution is 5.91. The predicted molar refractivity (Wildman–Crippen MR) is 63.3 cm³/mol. The third-order valence-corrected chi connectivity index (χ3v) is 4.08. The summed E-state index contributed by atoms with van der Waals surface area (Å²) in [5.74, 6) is 0.390. The lowest BCUT2D eigenvalue weighted by Crippen LogP contribution is -2.62. The monoisotopic (exact) mass is 241 g/mol. The first-order valence-corrected chi connectivity index (χ1v) is 5.85. The number of fused-ring (bicyclic) bond motifs is 3. The molecule has 0 atom stereocenters. The third-order valence-electron chi connectivity index (χ3n) is 4.08. The van der Waals surface area contributed by atoms with Crippen LogP contribution < -0.4 is 5.32 Å². The van der Waals surface area contributed by atoms with Crippen LogP contribution in [-0.4, -0.2) is 25.7 Å². The fraction of sp³-hybridized carbons (Fsp3) is 0.333. The fourth-order valence-corrected chi connectivity index (χ4v) is 2.97. The van der Waals surface area contributed by atoms with Gasteiger partial charge in [-0.05, 0) is 12.8 Å². The summed E-state index contributed by atoms with van der Waals surface area (Å²) in [4.78, 5) is 16.5. The summed E-state index contributed by atoms with van der Waals surface area (Å²) in [5.41, 5.74) is 1.95. The van der Waals surface area contributed by atoms with Crippen LogP contribution in [0.25, 0.3) is 11.0 Å². The summed E-state index contributed by atoms with van der Waals surface area (Å²) in [5, 5.41) is 10.5. The average Bonchev–Trinajstić information content (AvgIpc) is 2.71. The summed E-state index contributed by atoms with van der Waals surface area (Å²) in [6.45, 7) is 3.88. The molecule has 1 aliphatic carbocycles. The van der Waals surface area contributed by atoms with Crippen LogP contribution in [0.2, 0.25) is 0 Å². The molecule has 3 fully saturated rings. The zero-order chi connectivity index (χ0) is 12.3. The number of allylic oxidation sites excluding steroid dienone is 1. The number of nitrogens with one attached hydrogen (secondary N) is 1. The summed E-state index contributed by atoms with van der Waals surface area (Å²) < 4.78 is 1.93. The molecule has 5 rings (SSSR count). The molecular weight excluding hydrogens is 230 g/mol. The zero-order valence-electron chi connectivity index (χ0n) is 9.63. The van der Waals surface area contributed by atoms with Crippen molar-refractivity contribution in [2.75, 3.05) is 0 Å². The molecule has 1 saturated carbocycles. The van der Waals surface area contributed by atoms with Gasteiger partial charge in [-0.3, -0.25) is 4.79 Å². The Morgan fingerprint density at radius 2 is 2.17 bits per heavy atom. The minimum absolute atomic E-state index is 0.00566. The van der Waals surface area contributed by atoms with E-state index in [1.165, 1.54) is 0 Å². The first-order chi connectivity index (χ1) is 8.71. The standard InChI is InChI=1S/C12H11N5O/c1-7-8-2-12(3-8,11(18)16-7)17-6-13-9-4-14-15-5-10(9)17/h4-6,8H,1-3H2,(H,16,18). The summed E-state index contributed by atoms with van der Waals surface area (Å²) in [6.07, 6.45) is 6.56. The van der Waals surface area contributed by atoms with E-state index in [1.54, 1.807) is 18.7 Å². The van der Waals surface area contributed by atoms with E-state index in [2.05, 4.69) is 27.1 Å². The molecule has 18 heavy (non-hydrogen) atoms. The quantitative estimate of drug-likeness (QED) is 0.792. The number of amides is 1. The second kappa shape index (κ2) is 2.95. The Hall–Kier alpha value is -2.24. The van der Waals surface area contributed by atoms with Crippen LogP contribution in [0.1, 0.15) is 12.8 Å². The van der Waals surface area contributed by atoms with Crippen molar-refractivity contribution in [1.29, 1.82) is 0 Å². The largest absolute Gasteiger partial charge is 0.328 e. The maximum Gasteiger partial charge on any atom is 0.250 e. The van der Waals surface area contributed by atoms with Gasteiger partial charge in [-0.25, -0.2) is 4.98 Å². The maximum absolute atomic E-state index is 12.2. The molecule has 0 unspecified atom stereocenters. The van der Waals surface area contributed by atoms with E-state index in [4.69, 9.17) is 0 Å². The molecule has 0 radical (unpaired) electrons. The molecule has 2 bridgehead atoms.